The molecule has 1 aromatic rings. The Morgan fingerprint density at radius 2 is 2.23 bits per heavy atom. The van der Waals surface area contributed by atoms with E-state index >= 15 is 0 Å². The van der Waals surface area contributed by atoms with Crippen molar-refractivity contribution in [2.75, 3.05) is 12.4 Å². The van der Waals surface area contributed by atoms with E-state index in [2.05, 4.69) is 21.2 Å². The van der Waals surface area contributed by atoms with Crippen molar-refractivity contribution in [3.63, 3.8) is 0 Å². The van der Waals surface area contributed by atoms with Crippen LogP contribution in [0.15, 0.2) is 22.7 Å². The predicted octanol–water partition coefficient (Wildman–Crippen LogP) is 2.42. The summed E-state index contributed by atoms with van der Waals surface area (Å²) in [6.45, 7) is 1.46. The van der Waals surface area contributed by atoms with Crippen LogP contribution < -0.4 is 10.1 Å². The first kappa shape index (κ1) is 10.1. The number of para-hydroxylation sites is 1. The normalized spacial score (nSPS) is 9.46. The van der Waals surface area contributed by atoms with Gasteiger partial charge in [-0.05, 0) is 28.1 Å². The molecule has 0 bridgehead atoms. The third-order valence-corrected chi connectivity index (χ3v) is 2.16. The molecule has 3 nitrogen and oxygen atoms in total. The van der Waals surface area contributed by atoms with Crippen LogP contribution >= 0.6 is 15.9 Å². The van der Waals surface area contributed by atoms with E-state index in [-0.39, 0.29) is 5.91 Å². The number of nitrogens with one attached hydrogen (secondary N) is 1. The summed E-state index contributed by atoms with van der Waals surface area (Å²) in [5.74, 6) is 0.523. The van der Waals surface area contributed by atoms with Crippen LogP contribution in [0.25, 0.3) is 0 Å². The number of ether oxygens (including phenoxy) is 1. The van der Waals surface area contributed by atoms with Crippen molar-refractivity contribution in [3.05, 3.63) is 22.7 Å². The molecule has 0 aliphatic heterocycles. The second kappa shape index (κ2) is 4.28. The SMILES string of the molecule is COc1cccc(Br)c1NC(C)=O. The third-order valence-electron chi connectivity index (χ3n) is 1.50. The lowest BCUT2D eigenvalue weighted by Gasteiger charge is -2.09. The first-order valence-corrected chi connectivity index (χ1v) is 4.54. The smallest absolute Gasteiger partial charge is 0.221 e. The Hall–Kier alpha value is -1.03. The van der Waals surface area contributed by atoms with Gasteiger partial charge in [-0.2, -0.15) is 0 Å². The molecule has 0 aromatic heterocycles. The summed E-state index contributed by atoms with van der Waals surface area (Å²) in [7, 11) is 1.56. The van der Waals surface area contributed by atoms with Crippen molar-refractivity contribution < 1.29 is 9.53 Å². The first-order chi connectivity index (χ1) is 6.15. The molecule has 0 aliphatic carbocycles. The van der Waals surface area contributed by atoms with Crippen LogP contribution in [0.2, 0.25) is 0 Å². The van der Waals surface area contributed by atoms with Gasteiger partial charge in [-0.1, -0.05) is 6.07 Å². The predicted molar refractivity (Wildman–Crippen MR) is 55.0 cm³/mol. The zero-order chi connectivity index (χ0) is 9.84. The molecule has 1 rings (SSSR count). The highest BCUT2D eigenvalue weighted by atomic mass is 79.9. The molecule has 0 saturated heterocycles. The van der Waals surface area contributed by atoms with Gasteiger partial charge >= 0.3 is 0 Å². The molecule has 0 unspecified atom stereocenters. The molecule has 1 N–H and O–H groups in total. The van der Waals surface area contributed by atoms with E-state index in [0.717, 1.165) is 4.47 Å². The van der Waals surface area contributed by atoms with Crippen molar-refractivity contribution >= 4 is 27.5 Å². The van der Waals surface area contributed by atoms with Crippen molar-refractivity contribution in [3.8, 4) is 5.75 Å². The van der Waals surface area contributed by atoms with Crippen molar-refractivity contribution in [1.29, 1.82) is 0 Å². The van der Waals surface area contributed by atoms with Crippen molar-refractivity contribution in [2.45, 2.75) is 6.92 Å². The quantitative estimate of drug-likeness (QED) is 0.867. The van der Waals surface area contributed by atoms with Gasteiger partial charge in [-0.15, -0.1) is 0 Å². The number of methoxy groups -OCH3 is 1. The Morgan fingerprint density at radius 3 is 2.77 bits per heavy atom. The summed E-state index contributed by atoms with van der Waals surface area (Å²) < 4.78 is 5.89. The Balaban J connectivity index is 3.07. The fourth-order valence-corrected chi connectivity index (χ4v) is 1.42. The highest BCUT2D eigenvalue weighted by Gasteiger charge is 2.07. The maximum atomic E-state index is 10.8. The summed E-state index contributed by atoms with van der Waals surface area (Å²) in [4.78, 5) is 10.8. The second-order valence-corrected chi connectivity index (χ2v) is 3.35. The molecule has 0 spiro atoms. The Bertz CT molecular complexity index is 325. The van der Waals surface area contributed by atoms with Gasteiger partial charge < -0.3 is 10.1 Å². The Kier molecular flexibility index (Phi) is 3.31. The molecule has 1 amide bonds. The summed E-state index contributed by atoms with van der Waals surface area (Å²) in [6, 6.07) is 5.47. The van der Waals surface area contributed by atoms with Crippen LogP contribution in [0, 0.1) is 0 Å². The summed E-state index contributed by atoms with van der Waals surface area (Å²) in [6.07, 6.45) is 0. The van der Waals surface area contributed by atoms with E-state index in [1.807, 2.05) is 12.1 Å². The maximum Gasteiger partial charge on any atom is 0.221 e. The lowest BCUT2D eigenvalue weighted by atomic mass is 10.3. The van der Waals surface area contributed by atoms with Crippen LogP contribution in [-0.2, 0) is 4.79 Å². The van der Waals surface area contributed by atoms with E-state index in [0.29, 0.717) is 11.4 Å². The minimum atomic E-state index is -0.120. The minimum absolute atomic E-state index is 0.120. The highest BCUT2D eigenvalue weighted by molar-refractivity contribution is 9.10. The Morgan fingerprint density at radius 1 is 1.54 bits per heavy atom. The van der Waals surface area contributed by atoms with Crippen LogP contribution in [0.5, 0.6) is 5.75 Å². The van der Waals surface area contributed by atoms with Crippen molar-refractivity contribution in [1.82, 2.24) is 0 Å². The number of carbonyl (C=O) groups excluding carboxylic acids is 1. The largest absolute Gasteiger partial charge is 0.495 e. The van der Waals surface area contributed by atoms with Gasteiger partial charge in [-0.25, -0.2) is 0 Å². The average molecular weight is 244 g/mol. The topological polar surface area (TPSA) is 38.3 Å². The number of benzene rings is 1. The summed E-state index contributed by atoms with van der Waals surface area (Å²) >= 11 is 3.32. The molecule has 13 heavy (non-hydrogen) atoms. The van der Waals surface area contributed by atoms with Crippen LogP contribution in [0.1, 0.15) is 6.92 Å². The molecule has 0 aliphatic rings. The van der Waals surface area contributed by atoms with E-state index in [1.165, 1.54) is 6.92 Å². The first-order valence-electron chi connectivity index (χ1n) is 3.75. The minimum Gasteiger partial charge on any atom is -0.495 e. The molecule has 0 radical (unpaired) electrons. The van der Waals surface area contributed by atoms with Gasteiger partial charge in [0.2, 0.25) is 5.91 Å². The third kappa shape index (κ3) is 2.45. The zero-order valence-corrected chi connectivity index (χ0v) is 9.01. The van der Waals surface area contributed by atoms with E-state index in [9.17, 15) is 4.79 Å². The number of rotatable bonds is 2. The van der Waals surface area contributed by atoms with Gasteiger partial charge in [0.15, 0.2) is 0 Å². The Labute approximate surface area is 85.2 Å². The molecule has 0 fully saturated rings. The van der Waals surface area contributed by atoms with E-state index in [1.54, 1.807) is 13.2 Å². The lowest BCUT2D eigenvalue weighted by molar-refractivity contribution is -0.114. The standard InChI is InChI=1S/C9H10BrNO2/c1-6(12)11-9-7(10)4-3-5-8(9)13-2/h3-5H,1-2H3,(H,11,12). The van der Waals surface area contributed by atoms with E-state index < -0.39 is 0 Å². The lowest BCUT2D eigenvalue weighted by Crippen LogP contribution is -2.07. The van der Waals surface area contributed by atoms with Gasteiger partial charge in [0.1, 0.15) is 5.75 Å². The second-order valence-electron chi connectivity index (χ2n) is 2.50. The number of carbonyl (C=O) groups is 1. The van der Waals surface area contributed by atoms with Gasteiger partial charge in [0.25, 0.3) is 0 Å². The average Bonchev–Trinajstić information content (AvgIpc) is 2.08. The van der Waals surface area contributed by atoms with Crippen molar-refractivity contribution in [2.24, 2.45) is 0 Å². The fourth-order valence-electron chi connectivity index (χ4n) is 0.972. The van der Waals surface area contributed by atoms with Gasteiger partial charge in [0, 0.05) is 11.4 Å². The maximum absolute atomic E-state index is 10.8. The van der Waals surface area contributed by atoms with Crippen LogP contribution in [0.4, 0.5) is 5.69 Å². The molecule has 0 atom stereocenters. The molecule has 1 aromatic carbocycles. The zero-order valence-electron chi connectivity index (χ0n) is 7.43. The number of hydrogen-bond donors (Lipinski definition) is 1. The highest BCUT2D eigenvalue weighted by Crippen LogP contribution is 2.31. The van der Waals surface area contributed by atoms with Gasteiger partial charge in [0.05, 0.1) is 12.8 Å². The molecule has 4 heteroatoms. The number of halogens is 1. The molecular formula is C9H10BrNO2. The number of anilines is 1. The summed E-state index contributed by atoms with van der Waals surface area (Å²) in [5.41, 5.74) is 0.664. The summed E-state index contributed by atoms with van der Waals surface area (Å²) in [5, 5.41) is 2.68. The molecule has 0 saturated carbocycles. The van der Waals surface area contributed by atoms with Crippen LogP contribution in [-0.4, -0.2) is 13.0 Å². The monoisotopic (exact) mass is 243 g/mol. The van der Waals surface area contributed by atoms with Crippen LogP contribution in [0.3, 0.4) is 0 Å². The molecule has 70 valence electrons. The van der Waals surface area contributed by atoms with Gasteiger partial charge in [-0.3, -0.25) is 4.79 Å². The van der Waals surface area contributed by atoms with E-state index in [4.69, 9.17) is 4.74 Å². The molecule has 0 heterocycles. The molecular weight excluding hydrogens is 234 g/mol. The fraction of sp³-hybridized carbons (Fsp3) is 0.222. The number of amides is 1. The number of hydrogen-bond acceptors (Lipinski definition) is 2.